The van der Waals surface area contributed by atoms with Crippen LogP contribution in [0.4, 0.5) is 4.39 Å². The predicted octanol–water partition coefficient (Wildman–Crippen LogP) is 3.90. The molecule has 2 heterocycles. The van der Waals surface area contributed by atoms with E-state index in [0.29, 0.717) is 28.2 Å². The van der Waals surface area contributed by atoms with Crippen molar-refractivity contribution in [1.29, 1.82) is 5.26 Å². The van der Waals surface area contributed by atoms with Crippen LogP contribution in [0.1, 0.15) is 30.3 Å². The van der Waals surface area contributed by atoms with Gasteiger partial charge in [0.05, 0.1) is 46.3 Å². The fourth-order valence-corrected chi connectivity index (χ4v) is 5.29. The molecule has 5 rings (SSSR count). The van der Waals surface area contributed by atoms with Crippen LogP contribution in [0, 0.1) is 17.1 Å². The van der Waals surface area contributed by atoms with E-state index in [1.54, 1.807) is 24.3 Å². The van der Waals surface area contributed by atoms with Crippen molar-refractivity contribution >= 4 is 20.7 Å². The lowest BCUT2D eigenvalue weighted by Gasteiger charge is -2.20. The summed E-state index contributed by atoms with van der Waals surface area (Å²) in [4.78, 5) is 19.0. The summed E-state index contributed by atoms with van der Waals surface area (Å²) in [7, 11) is -2.03. The number of nitriles is 1. The lowest BCUT2D eigenvalue weighted by Crippen LogP contribution is -2.29. The maximum Gasteiger partial charge on any atom is 0.266 e. The van der Waals surface area contributed by atoms with Crippen LogP contribution in [-0.2, 0) is 9.84 Å². The van der Waals surface area contributed by atoms with Crippen molar-refractivity contribution in [3.8, 4) is 28.6 Å². The number of nitrogens with one attached hydrogen (secondary N) is 1. The van der Waals surface area contributed by atoms with Crippen molar-refractivity contribution in [3.05, 3.63) is 82.2 Å². The zero-order valence-electron chi connectivity index (χ0n) is 20.2. The van der Waals surface area contributed by atoms with E-state index in [9.17, 15) is 22.9 Å². The molecular formula is C27H23FN4O4S. The zero-order valence-corrected chi connectivity index (χ0v) is 21.0. The molecule has 0 spiro atoms. The molecule has 1 aliphatic heterocycles. The third-order valence-electron chi connectivity index (χ3n) is 6.49. The highest BCUT2D eigenvalue weighted by Gasteiger charge is 2.26. The number of halogens is 1. The van der Waals surface area contributed by atoms with E-state index in [1.165, 1.54) is 42.0 Å². The molecular weight excluding hydrogens is 495 g/mol. The number of rotatable bonds is 5. The first-order valence-electron chi connectivity index (χ1n) is 11.6. The molecule has 3 aromatic carbocycles. The van der Waals surface area contributed by atoms with E-state index >= 15 is 0 Å². The molecule has 0 bridgehead atoms. The molecule has 37 heavy (non-hydrogen) atoms. The predicted molar refractivity (Wildman–Crippen MR) is 137 cm³/mol. The molecule has 1 saturated heterocycles. The Morgan fingerprint density at radius 2 is 1.92 bits per heavy atom. The van der Waals surface area contributed by atoms with Crippen molar-refractivity contribution in [1.82, 2.24) is 14.9 Å². The van der Waals surface area contributed by atoms with E-state index in [2.05, 4.69) is 11.4 Å². The fourth-order valence-electron chi connectivity index (χ4n) is 4.66. The molecule has 1 fully saturated rings. The van der Waals surface area contributed by atoms with Gasteiger partial charge in [-0.2, -0.15) is 5.26 Å². The van der Waals surface area contributed by atoms with Crippen molar-refractivity contribution < 1.29 is 17.5 Å². The maximum absolute atomic E-state index is 14.6. The average molecular weight is 519 g/mol. The van der Waals surface area contributed by atoms with Crippen molar-refractivity contribution in [2.24, 2.45) is 0 Å². The van der Waals surface area contributed by atoms with Crippen LogP contribution in [0.3, 0.4) is 0 Å². The Labute approximate surface area is 212 Å². The average Bonchev–Trinajstić information content (AvgIpc) is 3.42. The van der Waals surface area contributed by atoms with E-state index in [-0.39, 0.29) is 27.6 Å². The number of hydrogen-bond donors (Lipinski definition) is 1. The standard InChI is InChI=1S/C27H23FN4O4S/c1-36-24-10-7-18(14-22(24)28)32-26(23-4-3-11-30-23)31-25-20(12-16(15-29)13-21(25)27(32)33)17-5-8-19(9-6-17)37(2,34)35/h5-10,12-14,23,30H,3-4,11H2,1-2H3. The van der Waals surface area contributed by atoms with Gasteiger partial charge in [-0.1, -0.05) is 12.1 Å². The van der Waals surface area contributed by atoms with Gasteiger partial charge in [0.15, 0.2) is 21.4 Å². The summed E-state index contributed by atoms with van der Waals surface area (Å²) in [5.74, 6) is -0.134. The van der Waals surface area contributed by atoms with Gasteiger partial charge >= 0.3 is 0 Å². The summed E-state index contributed by atoms with van der Waals surface area (Å²) in [6.07, 6.45) is 2.76. The number of ether oxygens (including phenoxy) is 1. The highest BCUT2D eigenvalue weighted by molar-refractivity contribution is 7.90. The lowest BCUT2D eigenvalue weighted by atomic mass is 9.99. The zero-order chi connectivity index (χ0) is 26.3. The largest absolute Gasteiger partial charge is 0.494 e. The molecule has 1 unspecified atom stereocenters. The lowest BCUT2D eigenvalue weighted by molar-refractivity contribution is 0.386. The summed E-state index contributed by atoms with van der Waals surface area (Å²) in [6.45, 7) is 0.753. The molecule has 0 radical (unpaired) electrons. The Balaban J connectivity index is 1.82. The Bertz CT molecular complexity index is 1740. The third-order valence-corrected chi connectivity index (χ3v) is 7.62. The second-order valence-corrected chi connectivity index (χ2v) is 10.9. The number of nitrogens with zero attached hydrogens (tertiary/aromatic N) is 3. The van der Waals surface area contributed by atoms with Crippen molar-refractivity contribution in [2.75, 3.05) is 19.9 Å². The first-order chi connectivity index (χ1) is 17.7. The van der Waals surface area contributed by atoms with Crippen LogP contribution in [0.15, 0.2) is 64.3 Å². The molecule has 0 amide bonds. The van der Waals surface area contributed by atoms with Crippen LogP contribution < -0.4 is 15.6 Å². The monoisotopic (exact) mass is 518 g/mol. The molecule has 8 nitrogen and oxygen atoms in total. The topological polar surface area (TPSA) is 114 Å². The molecule has 0 saturated carbocycles. The van der Waals surface area contributed by atoms with Gasteiger partial charge in [0.25, 0.3) is 5.56 Å². The molecule has 1 aromatic heterocycles. The van der Waals surface area contributed by atoms with Gasteiger partial charge in [-0.05, 0) is 61.3 Å². The number of aromatic nitrogens is 2. The minimum Gasteiger partial charge on any atom is -0.494 e. The molecule has 4 aromatic rings. The minimum absolute atomic E-state index is 0.0534. The van der Waals surface area contributed by atoms with Gasteiger partial charge in [0.1, 0.15) is 5.82 Å². The quantitative estimate of drug-likeness (QED) is 0.426. The SMILES string of the molecule is COc1ccc(-n2c(C3CCCN3)nc3c(-c4ccc(S(C)(=O)=O)cc4)cc(C#N)cc3c2=O)cc1F. The fraction of sp³-hybridized carbons (Fsp3) is 0.222. The number of fused-ring (bicyclic) bond motifs is 1. The van der Waals surface area contributed by atoms with Gasteiger partial charge in [0.2, 0.25) is 0 Å². The van der Waals surface area contributed by atoms with Crippen LogP contribution >= 0.6 is 0 Å². The Kier molecular flexibility index (Phi) is 6.27. The Morgan fingerprint density at radius 3 is 2.51 bits per heavy atom. The van der Waals surface area contributed by atoms with Crippen molar-refractivity contribution in [2.45, 2.75) is 23.8 Å². The third kappa shape index (κ3) is 4.48. The van der Waals surface area contributed by atoms with Crippen molar-refractivity contribution in [3.63, 3.8) is 0 Å². The maximum atomic E-state index is 14.6. The highest BCUT2D eigenvalue weighted by Crippen LogP contribution is 2.32. The van der Waals surface area contributed by atoms with Crippen LogP contribution in [-0.4, -0.2) is 37.9 Å². The van der Waals surface area contributed by atoms with E-state index in [0.717, 1.165) is 25.6 Å². The normalized spacial score (nSPS) is 15.6. The molecule has 1 aliphatic rings. The van der Waals surface area contributed by atoms with Crippen LogP contribution in [0.2, 0.25) is 0 Å². The number of methoxy groups -OCH3 is 1. The smallest absolute Gasteiger partial charge is 0.266 e. The van der Waals surface area contributed by atoms with Gasteiger partial charge < -0.3 is 10.1 Å². The molecule has 1 N–H and O–H groups in total. The Hall–Kier alpha value is -4.07. The van der Waals surface area contributed by atoms with E-state index in [1.807, 2.05) is 0 Å². The number of sulfone groups is 1. The summed E-state index contributed by atoms with van der Waals surface area (Å²) in [5, 5.41) is 13.2. The van der Waals surface area contributed by atoms with Gasteiger partial charge in [-0.15, -0.1) is 0 Å². The van der Waals surface area contributed by atoms with E-state index in [4.69, 9.17) is 9.72 Å². The van der Waals surface area contributed by atoms with E-state index < -0.39 is 21.2 Å². The number of benzene rings is 3. The molecule has 188 valence electrons. The van der Waals surface area contributed by atoms with Gasteiger partial charge in [0, 0.05) is 17.9 Å². The number of hydrogen-bond acceptors (Lipinski definition) is 7. The Morgan fingerprint density at radius 1 is 1.16 bits per heavy atom. The summed E-state index contributed by atoms with van der Waals surface area (Å²) >= 11 is 0. The molecule has 1 atom stereocenters. The first kappa shape index (κ1) is 24.6. The summed E-state index contributed by atoms with van der Waals surface area (Å²) in [6, 6.07) is 15.5. The first-order valence-corrected chi connectivity index (χ1v) is 13.5. The molecule has 10 heteroatoms. The highest BCUT2D eigenvalue weighted by atomic mass is 32.2. The van der Waals surface area contributed by atoms with Crippen LogP contribution in [0.5, 0.6) is 5.75 Å². The summed E-state index contributed by atoms with van der Waals surface area (Å²) in [5.41, 5.74) is 1.61. The van der Waals surface area contributed by atoms with Gasteiger partial charge in [-0.3, -0.25) is 9.36 Å². The van der Waals surface area contributed by atoms with Gasteiger partial charge in [-0.25, -0.2) is 17.8 Å². The minimum atomic E-state index is -3.40. The second-order valence-electron chi connectivity index (χ2n) is 8.91. The molecule has 0 aliphatic carbocycles. The van der Waals surface area contributed by atoms with Crippen LogP contribution in [0.25, 0.3) is 27.7 Å². The second kappa shape index (κ2) is 9.42. The summed E-state index contributed by atoms with van der Waals surface area (Å²) < 4.78 is 44.9.